The summed E-state index contributed by atoms with van der Waals surface area (Å²) in [6.07, 6.45) is 0.481. The van der Waals surface area contributed by atoms with Crippen LogP contribution in [0.2, 0.25) is 0 Å². The summed E-state index contributed by atoms with van der Waals surface area (Å²) in [5, 5.41) is 0. The minimum absolute atomic E-state index is 0.220. The largest absolute Gasteiger partial charge is 0.496 e. The third-order valence-electron chi connectivity index (χ3n) is 3.67. The molecule has 2 rings (SSSR count). The van der Waals surface area contributed by atoms with Crippen molar-refractivity contribution in [1.82, 2.24) is 9.80 Å². The average molecular weight is 262 g/mol. The SMILES string of the molecule is COc1ccc(CC(=O)N2CCN(C)CC2)cc1C. The number of nitrogens with zero attached hydrogens (tertiary/aromatic N) is 2. The molecule has 0 aliphatic carbocycles. The van der Waals surface area contributed by atoms with Gasteiger partial charge in [0.05, 0.1) is 13.5 Å². The van der Waals surface area contributed by atoms with Crippen LogP contribution >= 0.6 is 0 Å². The van der Waals surface area contributed by atoms with Gasteiger partial charge in [0.15, 0.2) is 0 Å². The van der Waals surface area contributed by atoms with E-state index in [0.29, 0.717) is 6.42 Å². The molecule has 0 saturated carbocycles. The predicted molar refractivity (Wildman–Crippen MR) is 75.5 cm³/mol. The monoisotopic (exact) mass is 262 g/mol. The Bertz CT molecular complexity index is 451. The third-order valence-corrected chi connectivity index (χ3v) is 3.67. The maximum Gasteiger partial charge on any atom is 0.227 e. The van der Waals surface area contributed by atoms with Crippen LogP contribution in [0.3, 0.4) is 0 Å². The molecule has 1 aliphatic rings. The first-order valence-electron chi connectivity index (χ1n) is 6.70. The summed E-state index contributed by atoms with van der Waals surface area (Å²) >= 11 is 0. The van der Waals surface area contributed by atoms with Crippen molar-refractivity contribution in [2.45, 2.75) is 13.3 Å². The summed E-state index contributed by atoms with van der Waals surface area (Å²) in [5.41, 5.74) is 2.13. The molecule has 1 aromatic rings. The topological polar surface area (TPSA) is 32.8 Å². The average Bonchev–Trinajstić information content (AvgIpc) is 2.39. The number of carbonyl (C=O) groups excluding carboxylic acids is 1. The van der Waals surface area contributed by atoms with Crippen LogP contribution in [-0.2, 0) is 11.2 Å². The van der Waals surface area contributed by atoms with Crippen molar-refractivity contribution >= 4 is 5.91 Å². The van der Waals surface area contributed by atoms with Crippen LogP contribution in [0.25, 0.3) is 0 Å². The zero-order valence-corrected chi connectivity index (χ0v) is 12.0. The van der Waals surface area contributed by atoms with Gasteiger partial charge in [-0.15, -0.1) is 0 Å². The van der Waals surface area contributed by atoms with Gasteiger partial charge in [0.1, 0.15) is 5.75 Å². The van der Waals surface area contributed by atoms with Crippen LogP contribution in [0.1, 0.15) is 11.1 Å². The third kappa shape index (κ3) is 3.47. The van der Waals surface area contributed by atoms with Gasteiger partial charge in [-0.25, -0.2) is 0 Å². The van der Waals surface area contributed by atoms with E-state index in [1.54, 1.807) is 7.11 Å². The minimum Gasteiger partial charge on any atom is -0.496 e. The van der Waals surface area contributed by atoms with Crippen molar-refractivity contribution in [3.8, 4) is 5.75 Å². The Kier molecular flexibility index (Phi) is 4.43. The summed E-state index contributed by atoms with van der Waals surface area (Å²) < 4.78 is 5.23. The first-order valence-corrected chi connectivity index (χ1v) is 6.70. The Balaban J connectivity index is 1.97. The van der Waals surface area contributed by atoms with E-state index in [1.807, 2.05) is 30.0 Å². The molecule has 0 radical (unpaired) electrons. The highest BCUT2D eigenvalue weighted by atomic mass is 16.5. The molecule has 0 aromatic heterocycles. The molecule has 0 N–H and O–H groups in total. The Hall–Kier alpha value is -1.55. The number of ether oxygens (including phenoxy) is 1. The van der Waals surface area contributed by atoms with Gasteiger partial charge in [0.2, 0.25) is 5.91 Å². The Morgan fingerprint density at radius 1 is 1.26 bits per heavy atom. The van der Waals surface area contributed by atoms with Crippen molar-refractivity contribution in [3.63, 3.8) is 0 Å². The molecule has 4 heteroatoms. The van der Waals surface area contributed by atoms with Gasteiger partial charge in [-0.05, 0) is 31.2 Å². The molecule has 104 valence electrons. The number of carbonyl (C=O) groups is 1. The first kappa shape index (κ1) is 13.9. The summed E-state index contributed by atoms with van der Waals surface area (Å²) in [4.78, 5) is 16.4. The van der Waals surface area contributed by atoms with E-state index < -0.39 is 0 Å². The van der Waals surface area contributed by atoms with Gasteiger partial charge in [0.25, 0.3) is 0 Å². The molecular formula is C15H22N2O2. The van der Waals surface area contributed by atoms with Gasteiger partial charge >= 0.3 is 0 Å². The van der Waals surface area contributed by atoms with Crippen LogP contribution in [0, 0.1) is 6.92 Å². The second kappa shape index (κ2) is 6.06. The fourth-order valence-corrected chi connectivity index (χ4v) is 2.39. The highest BCUT2D eigenvalue weighted by Gasteiger charge is 2.19. The Morgan fingerprint density at radius 2 is 1.95 bits per heavy atom. The van der Waals surface area contributed by atoms with E-state index in [1.165, 1.54) is 0 Å². The fourth-order valence-electron chi connectivity index (χ4n) is 2.39. The fraction of sp³-hybridized carbons (Fsp3) is 0.533. The highest BCUT2D eigenvalue weighted by molar-refractivity contribution is 5.79. The predicted octanol–water partition coefficient (Wildman–Crippen LogP) is 1.32. The normalized spacial score (nSPS) is 16.5. The van der Waals surface area contributed by atoms with Crippen LogP contribution in [0.15, 0.2) is 18.2 Å². The van der Waals surface area contributed by atoms with Gasteiger partial charge in [-0.2, -0.15) is 0 Å². The minimum atomic E-state index is 0.220. The van der Waals surface area contributed by atoms with Crippen molar-refractivity contribution < 1.29 is 9.53 Å². The lowest BCUT2D eigenvalue weighted by Gasteiger charge is -2.32. The molecule has 19 heavy (non-hydrogen) atoms. The van der Waals surface area contributed by atoms with E-state index in [2.05, 4.69) is 11.9 Å². The van der Waals surface area contributed by atoms with Crippen molar-refractivity contribution in [1.29, 1.82) is 0 Å². The molecular weight excluding hydrogens is 240 g/mol. The number of methoxy groups -OCH3 is 1. The van der Waals surface area contributed by atoms with Gasteiger partial charge in [-0.3, -0.25) is 4.79 Å². The Morgan fingerprint density at radius 3 is 2.53 bits per heavy atom. The lowest BCUT2D eigenvalue weighted by Crippen LogP contribution is -2.47. The van der Waals surface area contributed by atoms with Crippen LogP contribution < -0.4 is 4.74 Å². The first-order chi connectivity index (χ1) is 9.10. The van der Waals surface area contributed by atoms with Crippen molar-refractivity contribution in [2.24, 2.45) is 0 Å². The summed E-state index contributed by atoms with van der Waals surface area (Å²) in [7, 11) is 3.76. The number of hydrogen-bond donors (Lipinski definition) is 0. The van der Waals surface area contributed by atoms with E-state index in [0.717, 1.165) is 43.1 Å². The molecule has 0 bridgehead atoms. The smallest absolute Gasteiger partial charge is 0.227 e. The van der Waals surface area contributed by atoms with Gasteiger partial charge < -0.3 is 14.5 Å². The van der Waals surface area contributed by atoms with E-state index >= 15 is 0 Å². The maximum absolute atomic E-state index is 12.2. The second-order valence-electron chi connectivity index (χ2n) is 5.16. The number of benzene rings is 1. The summed E-state index contributed by atoms with van der Waals surface area (Å²) in [6, 6.07) is 5.94. The molecule has 1 saturated heterocycles. The molecule has 1 fully saturated rings. The van der Waals surface area contributed by atoms with E-state index in [-0.39, 0.29) is 5.91 Å². The van der Waals surface area contributed by atoms with Crippen molar-refractivity contribution in [3.05, 3.63) is 29.3 Å². The number of piperazine rings is 1. The lowest BCUT2D eigenvalue weighted by atomic mass is 10.1. The maximum atomic E-state index is 12.2. The quantitative estimate of drug-likeness (QED) is 0.823. The molecule has 1 aliphatic heterocycles. The van der Waals surface area contributed by atoms with Crippen LogP contribution in [0.4, 0.5) is 0 Å². The molecule has 0 spiro atoms. The zero-order valence-electron chi connectivity index (χ0n) is 12.0. The highest BCUT2D eigenvalue weighted by Crippen LogP contribution is 2.19. The van der Waals surface area contributed by atoms with E-state index in [4.69, 9.17) is 4.74 Å². The summed E-state index contributed by atoms with van der Waals surface area (Å²) in [5.74, 6) is 1.09. The molecule has 1 heterocycles. The number of aryl methyl sites for hydroxylation is 1. The van der Waals surface area contributed by atoms with E-state index in [9.17, 15) is 4.79 Å². The molecule has 0 atom stereocenters. The van der Waals surface area contributed by atoms with Crippen LogP contribution in [0.5, 0.6) is 5.75 Å². The number of hydrogen-bond acceptors (Lipinski definition) is 3. The Labute approximate surface area is 115 Å². The van der Waals surface area contributed by atoms with Gasteiger partial charge in [0, 0.05) is 26.2 Å². The summed E-state index contributed by atoms with van der Waals surface area (Å²) in [6.45, 7) is 5.61. The number of rotatable bonds is 3. The molecule has 4 nitrogen and oxygen atoms in total. The lowest BCUT2D eigenvalue weighted by molar-refractivity contribution is -0.132. The van der Waals surface area contributed by atoms with Crippen LogP contribution in [-0.4, -0.2) is 56.0 Å². The molecule has 1 aromatic carbocycles. The molecule has 1 amide bonds. The van der Waals surface area contributed by atoms with Gasteiger partial charge in [-0.1, -0.05) is 12.1 Å². The number of likely N-dealkylation sites (N-methyl/N-ethyl adjacent to an activating group) is 1. The van der Waals surface area contributed by atoms with Crippen molar-refractivity contribution in [2.75, 3.05) is 40.3 Å². The molecule has 0 unspecified atom stereocenters. The zero-order chi connectivity index (χ0) is 13.8. The second-order valence-corrected chi connectivity index (χ2v) is 5.16. The number of amides is 1. The standard InChI is InChI=1S/C15H22N2O2/c1-12-10-13(4-5-14(12)19-3)11-15(18)17-8-6-16(2)7-9-17/h4-5,10H,6-9,11H2,1-3H3.